The van der Waals surface area contributed by atoms with Gasteiger partial charge in [-0.25, -0.2) is 0 Å². The molecule has 0 fully saturated rings. The average Bonchev–Trinajstić information content (AvgIpc) is 2.49. The summed E-state index contributed by atoms with van der Waals surface area (Å²) in [6, 6.07) is 11.0. The van der Waals surface area contributed by atoms with Gasteiger partial charge in [-0.15, -0.1) is 0 Å². The summed E-state index contributed by atoms with van der Waals surface area (Å²) >= 11 is 11.0. The largest absolute Gasteiger partial charge is 0.331 e. The maximum atomic E-state index is 12.1. The van der Waals surface area contributed by atoms with E-state index in [0.29, 0.717) is 11.3 Å². The quantitative estimate of drug-likeness (QED) is 0.501. The van der Waals surface area contributed by atoms with Gasteiger partial charge in [0, 0.05) is 17.7 Å². The lowest BCUT2D eigenvalue weighted by atomic mass is 10.1. The summed E-state index contributed by atoms with van der Waals surface area (Å²) in [6.45, 7) is 1.88. The predicted octanol–water partition coefficient (Wildman–Crippen LogP) is 3.68. The minimum Gasteiger partial charge on any atom is -0.331 e. The Morgan fingerprint density at radius 1 is 1.26 bits per heavy atom. The number of rotatable bonds is 3. The van der Waals surface area contributed by atoms with Crippen LogP contribution in [-0.4, -0.2) is 15.9 Å². The van der Waals surface area contributed by atoms with Crippen molar-refractivity contribution in [3.05, 3.63) is 68.7 Å². The van der Waals surface area contributed by atoms with Crippen LogP contribution < -0.4 is 10.6 Å². The van der Waals surface area contributed by atoms with E-state index in [1.54, 1.807) is 18.2 Å². The highest BCUT2D eigenvalue weighted by atomic mass is 35.5. The highest BCUT2D eigenvalue weighted by Gasteiger charge is 2.12. The monoisotopic (exact) mass is 349 g/mol. The molecule has 0 unspecified atom stereocenters. The van der Waals surface area contributed by atoms with Crippen molar-refractivity contribution in [3.8, 4) is 0 Å². The summed E-state index contributed by atoms with van der Waals surface area (Å²) in [7, 11) is 0. The van der Waals surface area contributed by atoms with Gasteiger partial charge in [0.05, 0.1) is 15.6 Å². The molecule has 0 radical (unpaired) electrons. The number of halogens is 1. The summed E-state index contributed by atoms with van der Waals surface area (Å²) in [5, 5.41) is 16.1. The van der Waals surface area contributed by atoms with Crippen molar-refractivity contribution >= 4 is 46.2 Å². The fourth-order valence-corrected chi connectivity index (χ4v) is 2.26. The number of nitrogens with one attached hydrogen (secondary N) is 2. The van der Waals surface area contributed by atoms with Crippen LogP contribution in [0, 0.1) is 17.0 Å². The Bertz CT molecular complexity index is 795. The van der Waals surface area contributed by atoms with E-state index >= 15 is 0 Å². The van der Waals surface area contributed by atoms with Gasteiger partial charge >= 0.3 is 0 Å². The summed E-state index contributed by atoms with van der Waals surface area (Å²) in [4.78, 5) is 22.2. The zero-order valence-corrected chi connectivity index (χ0v) is 13.6. The SMILES string of the molecule is Cc1cccc(C(=O)NC(=S)Nc2ccc([N+](=O)[O-])cc2Cl)c1. The maximum Gasteiger partial charge on any atom is 0.271 e. The Hall–Kier alpha value is -2.51. The van der Waals surface area contributed by atoms with Crippen molar-refractivity contribution in [1.29, 1.82) is 0 Å². The van der Waals surface area contributed by atoms with Gasteiger partial charge in [0.1, 0.15) is 0 Å². The number of hydrogen-bond donors (Lipinski definition) is 2. The van der Waals surface area contributed by atoms with Gasteiger partial charge in [-0.05, 0) is 37.3 Å². The number of nitro benzene ring substituents is 1. The summed E-state index contributed by atoms with van der Waals surface area (Å²) < 4.78 is 0. The molecule has 118 valence electrons. The lowest BCUT2D eigenvalue weighted by Gasteiger charge is -2.11. The molecule has 6 nitrogen and oxygen atoms in total. The van der Waals surface area contributed by atoms with Gasteiger partial charge in [0.15, 0.2) is 5.11 Å². The van der Waals surface area contributed by atoms with Crippen LogP contribution in [0.3, 0.4) is 0 Å². The third-order valence-electron chi connectivity index (χ3n) is 2.92. The van der Waals surface area contributed by atoms with E-state index in [0.717, 1.165) is 5.56 Å². The zero-order valence-electron chi connectivity index (χ0n) is 12.0. The fourth-order valence-electron chi connectivity index (χ4n) is 1.83. The van der Waals surface area contributed by atoms with Crippen LogP contribution in [0.4, 0.5) is 11.4 Å². The molecule has 0 heterocycles. The van der Waals surface area contributed by atoms with Crippen LogP contribution in [0.2, 0.25) is 5.02 Å². The molecule has 0 aliphatic rings. The molecule has 2 rings (SSSR count). The second-order valence-electron chi connectivity index (χ2n) is 4.70. The Morgan fingerprint density at radius 2 is 2.00 bits per heavy atom. The van der Waals surface area contributed by atoms with Gasteiger partial charge in [-0.2, -0.15) is 0 Å². The molecule has 0 spiro atoms. The molecule has 0 bridgehead atoms. The number of thiocarbonyl (C=S) groups is 1. The lowest BCUT2D eigenvalue weighted by molar-refractivity contribution is -0.384. The van der Waals surface area contributed by atoms with Crippen molar-refractivity contribution in [2.24, 2.45) is 0 Å². The lowest BCUT2D eigenvalue weighted by Crippen LogP contribution is -2.34. The minimum absolute atomic E-state index is 0.0484. The van der Waals surface area contributed by atoms with E-state index in [-0.39, 0.29) is 21.7 Å². The highest BCUT2D eigenvalue weighted by Crippen LogP contribution is 2.26. The van der Waals surface area contributed by atoms with E-state index in [1.807, 2.05) is 13.0 Å². The van der Waals surface area contributed by atoms with E-state index < -0.39 is 4.92 Å². The number of aryl methyl sites for hydroxylation is 1. The number of benzene rings is 2. The second kappa shape index (κ2) is 7.17. The van der Waals surface area contributed by atoms with Crippen molar-refractivity contribution in [3.63, 3.8) is 0 Å². The molecule has 2 aromatic carbocycles. The molecule has 0 aromatic heterocycles. The first kappa shape index (κ1) is 16.9. The molecule has 0 saturated carbocycles. The van der Waals surface area contributed by atoms with Crippen LogP contribution in [0.5, 0.6) is 0 Å². The summed E-state index contributed by atoms with van der Waals surface area (Å²) in [5.74, 6) is -0.357. The van der Waals surface area contributed by atoms with E-state index in [2.05, 4.69) is 10.6 Å². The molecule has 1 amide bonds. The molecular formula is C15H12ClN3O3S. The van der Waals surface area contributed by atoms with Crippen LogP contribution >= 0.6 is 23.8 Å². The molecule has 0 aliphatic carbocycles. The van der Waals surface area contributed by atoms with Gasteiger partial charge in [-0.1, -0.05) is 29.3 Å². The third kappa shape index (κ3) is 4.48. The van der Waals surface area contributed by atoms with Gasteiger partial charge in [-0.3, -0.25) is 20.2 Å². The van der Waals surface area contributed by atoms with Gasteiger partial charge in [0.25, 0.3) is 11.6 Å². The van der Waals surface area contributed by atoms with Crippen molar-refractivity contribution in [1.82, 2.24) is 5.32 Å². The maximum absolute atomic E-state index is 12.1. The van der Waals surface area contributed by atoms with Crippen molar-refractivity contribution in [2.75, 3.05) is 5.32 Å². The molecule has 2 N–H and O–H groups in total. The third-order valence-corrected chi connectivity index (χ3v) is 3.44. The minimum atomic E-state index is -0.548. The van der Waals surface area contributed by atoms with Crippen LogP contribution in [0.15, 0.2) is 42.5 Å². The first-order valence-corrected chi connectivity index (χ1v) is 7.28. The van der Waals surface area contributed by atoms with Gasteiger partial charge < -0.3 is 5.32 Å². The summed E-state index contributed by atoms with van der Waals surface area (Å²) in [5.41, 5.74) is 1.67. The molecular weight excluding hydrogens is 338 g/mol. The number of carbonyl (C=O) groups excluding carboxylic acids is 1. The first-order valence-electron chi connectivity index (χ1n) is 6.50. The van der Waals surface area contributed by atoms with Gasteiger partial charge in [0.2, 0.25) is 0 Å². The van der Waals surface area contributed by atoms with E-state index in [1.165, 1.54) is 18.2 Å². The standard InChI is InChI=1S/C15H12ClN3O3S/c1-9-3-2-4-10(7-9)14(20)18-15(23)17-13-6-5-11(19(21)22)8-12(13)16/h2-8H,1H3,(H2,17,18,20,23). The number of non-ortho nitro benzene ring substituents is 1. The van der Waals surface area contributed by atoms with Crippen LogP contribution in [0.25, 0.3) is 0 Å². The predicted molar refractivity (Wildman–Crippen MR) is 93.0 cm³/mol. The first-order chi connectivity index (χ1) is 10.9. The highest BCUT2D eigenvalue weighted by molar-refractivity contribution is 7.80. The van der Waals surface area contributed by atoms with E-state index in [9.17, 15) is 14.9 Å². The Kier molecular flexibility index (Phi) is 5.25. The topological polar surface area (TPSA) is 84.3 Å². The van der Waals surface area contributed by atoms with E-state index in [4.69, 9.17) is 23.8 Å². The number of nitrogens with zero attached hydrogens (tertiary/aromatic N) is 1. The molecule has 0 aliphatic heterocycles. The number of carbonyl (C=O) groups is 1. The van der Waals surface area contributed by atoms with Crippen molar-refractivity contribution in [2.45, 2.75) is 6.92 Å². The fraction of sp³-hybridized carbons (Fsp3) is 0.0667. The van der Waals surface area contributed by atoms with Crippen molar-refractivity contribution < 1.29 is 9.72 Å². The summed E-state index contributed by atoms with van der Waals surface area (Å²) in [6.07, 6.45) is 0. The smallest absolute Gasteiger partial charge is 0.271 e. The molecule has 8 heteroatoms. The van der Waals surface area contributed by atoms with Crippen LogP contribution in [-0.2, 0) is 0 Å². The average molecular weight is 350 g/mol. The number of hydrogen-bond acceptors (Lipinski definition) is 4. The zero-order chi connectivity index (χ0) is 17.0. The second-order valence-corrected chi connectivity index (χ2v) is 5.51. The number of amides is 1. The number of anilines is 1. The Labute approximate surface area is 142 Å². The molecule has 2 aromatic rings. The Balaban J connectivity index is 2.05. The van der Waals surface area contributed by atoms with Crippen LogP contribution in [0.1, 0.15) is 15.9 Å². The normalized spacial score (nSPS) is 10.0. The number of nitro groups is 1. The molecule has 23 heavy (non-hydrogen) atoms. The molecule has 0 saturated heterocycles. The Morgan fingerprint density at radius 3 is 2.61 bits per heavy atom. The molecule has 0 atom stereocenters.